The van der Waals surface area contributed by atoms with Crippen molar-refractivity contribution in [3.8, 4) is 5.75 Å². The van der Waals surface area contributed by atoms with Crippen LogP contribution in [-0.2, 0) is 9.53 Å². The molecule has 0 radical (unpaired) electrons. The van der Waals surface area contributed by atoms with Crippen molar-refractivity contribution in [3.05, 3.63) is 28.7 Å². The molecule has 1 aliphatic heterocycles. The Balaban J connectivity index is 1.66. The number of alkyl carbamates (subject to hydrolysis) is 1. The van der Waals surface area contributed by atoms with Crippen LogP contribution in [0.5, 0.6) is 5.75 Å². The lowest BCUT2D eigenvalue weighted by Crippen LogP contribution is -2.43. The predicted molar refractivity (Wildman–Crippen MR) is 103 cm³/mol. The van der Waals surface area contributed by atoms with Crippen LogP contribution in [0.2, 0.25) is 0 Å². The fourth-order valence-electron chi connectivity index (χ4n) is 2.70. The summed E-state index contributed by atoms with van der Waals surface area (Å²) < 4.78 is 11.7. The summed E-state index contributed by atoms with van der Waals surface area (Å²) in [5.41, 5.74) is -0.491. The van der Waals surface area contributed by atoms with Gasteiger partial charge in [-0.3, -0.25) is 4.79 Å². The van der Waals surface area contributed by atoms with Crippen molar-refractivity contribution in [3.63, 3.8) is 0 Å². The van der Waals surface area contributed by atoms with Crippen LogP contribution in [0.4, 0.5) is 4.79 Å². The molecule has 0 aliphatic carbocycles. The van der Waals surface area contributed by atoms with Gasteiger partial charge in [0.25, 0.3) is 5.91 Å². The maximum atomic E-state index is 12.3. The first-order valence-corrected chi connectivity index (χ1v) is 9.65. The minimum Gasteiger partial charge on any atom is -0.484 e. The number of carbonyl (C=O) groups is 2. The van der Waals surface area contributed by atoms with Gasteiger partial charge in [0.1, 0.15) is 11.4 Å². The van der Waals surface area contributed by atoms with Crippen molar-refractivity contribution in [1.82, 2.24) is 10.2 Å². The van der Waals surface area contributed by atoms with Crippen molar-refractivity contribution < 1.29 is 19.1 Å². The van der Waals surface area contributed by atoms with Crippen molar-refractivity contribution >= 4 is 27.9 Å². The van der Waals surface area contributed by atoms with Gasteiger partial charge in [-0.15, -0.1) is 0 Å². The van der Waals surface area contributed by atoms with E-state index in [1.807, 2.05) is 49.9 Å². The topological polar surface area (TPSA) is 67.9 Å². The molecule has 2 rings (SSSR count). The summed E-state index contributed by atoms with van der Waals surface area (Å²) in [4.78, 5) is 25.8. The smallest absolute Gasteiger partial charge is 0.407 e. The molecule has 0 unspecified atom stereocenters. The summed E-state index contributed by atoms with van der Waals surface area (Å²) in [5.74, 6) is 1.03. The Morgan fingerprint density at radius 1 is 1.19 bits per heavy atom. The van der Waals surface area contributed by atoms with E-state index in [9.17, 15) is 9.59 Å². The van der Waals surface area contributed by atoms with E-state index < -0.39 is 5.60 Å². The summed E-state index contributed by atoms with van der Waals surface area (Å²) in [6.45, 7) is 7.51. The Kier molecular flexibility index (Phi) is 7.32. The Hall–Kier alpha value is -1.76. The third kappa shape index (κ3) is 7.23. The summed E-state index contributed by atoms with van der Waals surface area (Å²) in [5, 5.41) is 2.81. The fourth-order valence-corrected chi connectivity index (χ4v) is 2.96. The number of hydrogen-bond donors (Lipinski definition) is 1. The third-order valence-electron chi connectivity index (χ3n) is 4.08. The summed E-state index contributed by atoms with van der Waals surface area (Å²) in [6.07, 6.45) is 1.33. The zero-order valence-electron chi connectivity index (χ0n) is 15.6. The Morgan fingerprint density at radius 3 is 2.38 bits per heavy atom. The molecule has 0 saturated carbocycles. The highest BCUT2D eigenvalue weighted by molar-refractivity contribution is 9.10. The molecule has 144 valence electrons. The van der Waals surface area contributed by atoms with E-state index >= 15 is 0 Å². The van der Waals surface area contributed by atoms with E-state index in [1.54, 1.807) is 0 Å². The molecule has 0 spiro atoms. The molecular formula is C19H27BrN2O4. The van der Waals surface area contributed by atoms with Gasteiger partial charge in [0.05, 0.1) is 0 Å². The molecule has 0 aromatic heterocycles. The maximum Gasteiger partial charge on any atom is 0.407 e. The van der Waals surface area contributed by atoms with E-state index in [4.69, 9.17) is 9.47 Å². The SMILES string of the molecule is CC(C)(C)OC(=O)NCC1CCN(C(=O)COc2ccc(Br)cc2)CC1. The van der Waals surface area contributed by atoms with Gasteiger partial charge in [-0.25, -0.2) is 4.79 Å². The van der Waals surface area contributed by atoms with Gasteiger partial charge in [0.15, 0.2) is 6.61 Å². The molecule has 1 aromatic carbocycles. The van der Waals surface area contributed by atoms with E-state index in [0.717, 1.165) is 17.3 Å². The van der Waals surface area contributed by atoms with Crippen LogP contribution in [0.3, 0.4) is 0 Å². The molecule has 26 heavy (non-hydrogen) atoms. The number of benzene rings is 1. The van der Waals surface area contributed by atoms with Crippen LogP contribution >= 0.6 is 15.9 Å². The molecule has 6 nitrogen and oxygen atoms in total. The lowest BCUT2D eigenvalue weighted by Gasteiger charge is -2.32. The second kappa shape index (κ2) is 9.26. The lowest BCUT2D eigenvalue weighted by atomic mass is 9.97. The minimum atomic E-state index is -0.491. The number of likely N-dealkylation sites (tertiary alicyclic amines) is 1. The summed E-state index contributed by atoms with van der Waals surface area (Å²) >= 11 is 3.36. The molecule has 1 saturated heterocycles. The largest absolute Gasteiger partial charge is 0.484 e. The second-order valence-corrected chi connectivity index (χ2v) is 8.37. The van der Waals surface area contributed by atoms with Crippen molar-refractivity contribution in [2.75, 3.05) is 26.2 Å². The van der Waals surface area contributed by atoms with E-state index in [0.29, 0.717) is 31.3 Å². The van der Waals surface area contributed by atoms with Gasteiger partial charge >= 0.3 is 6.09 Å². The van der Waals surface area contributed by atoms with Crippen LogP contribution in [0.15, 0.2) is 28.7 Å². The minimum absolute atomic E-state index is 0.00790. The molecular weight excluding hydrogens is 400 g/mol. The van der Waals surface area contributed by atoms with Crippen LogP contribution in [0, 0.1) is 5.92 Å². The number of ether oxygens (including phenoxy) is 2. The monoisotopic (exact) mass is 426 g/mol. The van der Waals surface area contributed by atoms with Crippen molar-refractivity contribution in [1.29, 1.82) is 0 Å². The molecule has 0 bridgehead atoms. The van der Waals surface area contributed by atoms with Gasteiger partial charge in [0.2, 0.25) is 0 Å². The van der Waals surface area contributed by atoms with E-state index in [-0.39, 0.29) is 18.6 Å². The number of amides is 2. The number of nitrogens with zero attached hydrogens (tertiary/aromatic N) is 1. The number of piperidine rings is 1. The Labute approximate surface area is 163 Å². The molecule has 1 aliphatic rings. The number of hydrogen-bond acceptors (Lipinski definition) is 4. The van der Waals surface area contributed by atoms with Gasteiger partial charge in [-0.05, 0) is 63.8 Å². The molecule has 1 fully saturated rings. The number of rotatable bonds is 5. The number of halogens is 1. The molecule has 0 atom stereocenters. The maximum absolute atomic E-state index is 12.3. The average Bonchev–Trinajstić information content (AvgIpc) is 2.58. The molecule has 1 heterocycles. The predicted octanol–water partition coefficient (Wildman–Crippen LogP) is 3.59. The average molecular weight is 427 g/mol. The summed E-state index contributed by atoms with van der Waals surface area (Å²) in [7, 11) is 0. The van der Waals surface area contributed by atoms with Gasteiger partial charge in [0, 0.05) is 24.1 Å². The number of carbonyl (C=O) groups excluding carboxylic acids is 2. The first kappa shape index (κ1) is 20.6. The number of nitrogens with one attached hydrogen (secondary N) is 1. The Bertz CT molecular complexity index is 605. The van der Waals surface area contributed by atoms with Crippen LogP contribution in [0.1, 0.15) is 33.6 Å². The third-order valence-corrected chi connectivity index (χ3v) is 4.61. The second-order valence-electron chi connectivity index (χ2n) is 7.45. The normalized spacial score (nSPS) is 15.5. The highest BCUT2D eigenvalue weighted by atomic mass is 79.9. The lowest BCUT2D eigenvalue weighted by molar-refractivity contribution is -0.134. The zero-order chi connectivity index (χ0) is 19.2. The van der Waals surface area contributed by atoms with Gasteiger partial charge in [-0.1, -0.05) is 15.9 Å². The molecule has 2 amide bonds. The van der Waals surface area contributed by atoms with E-state index in [2.05, 4.69) is 21.2 Å². The van der Waals surface area contributed by atoms with Crippen LogP contribution in [0.25, 0.3) is 0 Å². The first-order valence-electron chi connectivity index (χ1n) is 8.86. The zero-order valence-corrected chi connectivity index (χ0v) is 17.2. The highest BCUT2D eigenvalue weighted by Gasteiger charge is 2.24. The molecule has 7 heteroatoms. The molecule has 1 aromatic rings. The van der Waals surface area contributed by atoms with Crippen LogP contribution < -0.4 is 10.1 Å². The van der Waals surface area contributed by atoms with E-state index in [1.165, 1.54) is 0 Å². The van der Waals surface area contributed by atoms with Gasteiger partial charge in [-0.2, -0.15) is 0 Å². The van der Waals surface area contributed by atoms with Crippen LogP contribution in [-0.4, -0.2) is 48.7 Å². The highest BCUT2D eigenvalue weighted by Crippen LogP contribution is 2.18. The first-order chi connectivity index (χ1) is 12.2. The van der Waals surface area contributed by atoms with Crippen molar-refractivity contribution in [2.45, 2.75) is 39.2 Å². The van der Waals surface area contributed by atoms with Crippen molar-refractivity contribution in [2.24, 2.45) is 5.92 Å². The summed E-state index contributed by atoms with van der Waals surface area (Å²) in [6, 6.07) is 7.41. The fraction of sp³-hybridized carbons (Fsp3) is 0.579. The molecule has 1 N–H and O–H groups in total. The standard InChI is InChI=1S/C19H27BrN2O4/c1-19(2,3)26-18(24)21-12-14-8-10-22(11-9-14)17(23)13-25-16-6-4-15(20)5-7-16/h4-7,14H,8-13H2,1-3H3,(H,21,24). The Morgan fingerprint density at radius 2 is 1.81 bits per heavy atom. The quantitative estimate of drug-likeness (QED) is 0.780. The van der Waals surface area contributed by atoms with Gasteiger partial charge < -0.3 is 19.7 Å².